The van der Waals surface area contributed by atoms with Crippen molar-refractivity contribution in [2.24, 2.45) is 0 Å². The third kappa shape index (κ3) is 2.51. The lowest BCUT2D eigenvalue weighted by atomic mass is 10.1. The fourth-order valence-electron chi connectivity index (χ4n) is 2.48. The van der Waals surface area contributed by atoms with Crippen LogP contribution in [0.4, 0.5) is 0 Å². The highest BCUT2D eigenvalue weighted by atomic mass is 32.1. The summed E-state index contributed by atoms with van der Waals surface area (Å²) in [5.74, 6) is 2.19. The van der Waals surface area contributed by atoms with Gasteiger partial charge in [0.25, 0.3) is 0 Å². The van der Waals surface area contributed by atoms with E-state index in [4.69, 9.17) is 14.5 Å². The molecule has 20 heavy (non-hydrogen) atoms. The van der Waals surface area contributed by atoms with Gasteiger partial charge in [-0.15, -0.1) is 11.3 Å². The summed E-state index contributed by atoms with van der Waals surface area (Å²) in [5, 5.41) is 6.69. The van der Waals surface area contributed by atoms with Gasteiger partial charge in [-0.2, -0.15) is 0 Å². The number of methoxy groups -OCH3 is 2. The molecule has 0 bridgehead atoms. The van der Waals surface area contributed by atoms with Crippen LogP contribution in [0.3, 0.4) is 0 Å². The molecule has 5 heteroatoms. The highest BCUT2D eigenvalue weighted by Crippen LogP contribution is 2.36. The molecule has 0 saturated carbocycles. The Balaban J connectivity index is 1.95. The Labute approximate surface area is 122 Å². The number of hydrogen-bond acceptors (Lipinski definition) is 5. The monoisotopic (exact) mass is 290 g/mol. The quantitative estimate of drug-likeness (QED) is 0.940. The normalized spacial score (nSPS) is 18.2. The molecule has 2 heterocycles. The number of ether oxygens (including phenoxy) is 2. The summed E-state index contributed by atoms with van der Waals surface area (Å²) in [6.45, 7) is 2.12. The van der Waals surface area contributed by atoms with Gasteiger partial charge in [0.15, 0.2) is 0 Å². The molecular formula is C15H18N2O2S. The van der Waals surface area contributed by atoms with Gasteiger partial charge in [0, 0.05) is 23.4 Å². The summed E-state index contributed by atoms with van der Waals surface area (Å²) in [7, 11) is 3.35. The molecule has 1 aromatic carbocycles. The predicted octanol–water partition coefficient (Wildman–Crippen LogP) is 2.90. The highest BCUT2D eigenvalue weighted by Gasteiger charge is 2.21. The van der Waals surface area contributed by atoms with Gasteiger partial charge in [-0.05, 0) is 31.2 Å². The zero-order chi connectivity index (χ0) is 13.9. The zero-order valence-corrected chi connectivity index (χ0v) is 12.5. The molecule has 1 unspecified atom stereocenters. The maximum Gasteiger partial charge on any atom is 0.128 e. The molecule has 2 aromatic rings. The number of aromatic nitrogens is 1. The topological polar surface area (TPSA) is 43.4 Å². The van der Waals surface area contributed by atoms with E-state index in [9.17, 15) is 0 Å². The predicted molar refractivity (Wildman–Crippen MR) is 80.9 cm³/mol. The van der Waals surface area contributed by atoms with Gasteiger partial charge in [-0.3, -0.25) is 0 Å². The Morgan fingerprint density at radius 1 is 1.30 bits per heavy atom. The number of rotatable bonds is 4. The van der Waals surface area contributed by atoms with Crippen molar-refractivity contribution in [2.45, 2.75) is 12.3 Å². The molecule has 1 N–H and O–H groups in total. The number of nitrogens with zero attached hydrogens (tertiary/aromatic N) is 1. The van der Waals surface area contributed by atoms with E-state index in [1.165, 1.54) is 11.4 Å². The molecule has 4 nitrogen and oxygen atoms in total. The Morgan fingerprint density at radius 2 is 2.20 bits per heavy atom. The van der Waals surface area contributed by atoms with Crippen LogP contribution < -0.4 is 14.8 Å². The van der Waals surface area contributed by atoms with Crippen LogP contribution in [0.15, 0.2) is 23.6 Å². The molecule has 1 aliphatic rings. The molecule has 1 aromatic heterocycles. The molecule has 0 aliphatic carbocycles. The molecule has 1 saturated heterocycles. The van der Waals surface area contributed by atoms with Crippen molar-refractivity contribution in [3.8, 4) is 22.8 Å². The number of hydrogen-bond donors (Lipinski definition) is 1. The summed E-state index contributed by atoms with van der Waals surface area (Å²) < 4.78 is 10.7. The highest BCUT2D eigenvalue weighted by molar-refractivity contribution is 7.10. The fourth-order valence-corrected chi connectivity index (χ4v) is 3.44. The molecule has 0 spiro atoms. The average molecular weight is 290 g/mol. The fraction of sp³-hybridized carbons (Fsp3) is 0.400. The molecule has 1 aliphatic heterocycles. The van der Waals surface area contributed by atoms with Gasteiger partial charge in [-0.25, -0.2) is 4.98 Å². The second-order valence-corrected chi connectivity index (χ2v) is 5.72. The first-order chi connectivity index (χ1) is 9.81. The van der Waals surface area contributed by atoms with E-state index in [0.29, 0.717) is 5.92 Å². The third-order valence-electron chi connectivity index (χ3n) is 3.61. The summed E-state index contributed by atoms with van der Waals surface area (Å²) in [6.07, 6.45) is 1.17. The Kier molecular flexibility index (Phi) is 3.89. The summed E-state index contributed by atoms with van der Waals surface area (Å²) in [6, 6.07) is 5.80. The van der Waals surface area contributed by atoms with Crippen LogP contribution in [0.5, 0.6) is 11.5 Å². The minimum absolute atomic E-state index is 0.547. The standard InChI is InChI=1S/C15H18N2O2S/c1-18-11-3-4-14(19-2)12(7-11)13-9-20-15(17-13)10-5-6-16-8-10/h3-4,7,9-10,16H,5-6,8H2,1-2H3. The molecule has 106 valence electrons. The maximum absolute atomic E-state index is 5.43. The lowest BCUT2D eigenvalue weighted by Crippen LogP contribution is -2.07. The lowest BCUT2D eigenvalue weighted by Gasteiger charge is -2.08. The van der Waals surface area contributed by atoms with E-state index in [1.54, 1.807) is 25.6 Å². The first kappa shape index (κ1) is 13.4. The van der Waals surface area contributed by atoms with Crippen molar-refractivity contribution in [3.05, 3.63) is 28.6 Å². The first-order valence-electron chi connectivity index (χ1n) is 6.70. The van der Waals surface area contributed by atoms with Crippen LogP contribution >= 0.6 is 11.3 Å². The van der Waals surface area contributed by atoms with E-state index >= 15 is 0 Å². The zero-order valence-electron chi connectivity index (χ0n) is 11.7. The van der Waals surface area contributed by atoms with Crippen molar-refractivity contribution < 1.29 is 9.47 Å². The molecular weight excluding hydrogens is 272 g/mol. The van der Waals surface area contributed by atoms with Gasteiger partial charge < -0.3 is 14.8 Å². The average Bonchev–Trinajstić information content (AvgIpc) is 3.17. The van der Waals surface area contributed by atoms with Crippen LogP contribution in [-0.2, 0) is 0 Å². The smallest absolute Gasteiger partial charge is 0.128 e. The van der Waals surface area contributed by atoms with E-state index in [2.05, 4.69) is 10.7 Å². The van der Waals surface area contributed by atoms with E-state index in [1.807, 2.05) is 18.2 Å². The van der Waals surface area contributed by atoms with Crippen molar-refractivity contribution >= 4 is 11.3 Å². The first-order valence-corrected chi connectivity index (χ1v) is 7.58. The number of thiazole rings is 1. The van der Waals surface area contributed by atoms with Crippen molar-refractivity contribution in [3.63, 3.8) is 0 Å². The molecule has 3 rings (SSSR count). The minimum Gasteiger partial charge on any atom is -0.497 e. The largest absolute Gasteiger partial charge is 0.497 e. The Morgan fingerprint density at radius 3 is 2.90 bits per heavy atom. The second kappa shape index (κ2) is 5.81. The summed E-state index contributed by atoms with van der Waals surface area (Å²) >= 11 is 1.73. The van der Waals surface area contributed by atoms with E-state index in [0.717, 1.165) is 35.8 Å². The van der Waals surface area contributed by atoms with Crippen molar-refractivity contribution in [1.82, 2.24) is 10.3 Å². The van der Waals surface area contributed by atoms with Crippen LogP contribution in [0.1, 0.15) is 17.3 Å². The van der Waals surface area contributed by atoms with Crippen LogP contribution in [-0.4, -0.2) is 32.3 Å². The van der Waals surface area contributed by atoms with E-state index < -0.39 is 0 Å². The van der Waals surface area contributed by atoms with Crippen LogP contribution in [0.2, 0.25) is 0 Å². The third-order valence-corrected chi connectivity index (χ3v) is 4.62. The molecule has 1 fully saturated rings. The molecule has 0 radical (unpaired) electrons. The Hall–Kier alpha value is -1.59. The van der Waals surface area contributed by atoms with Gasteiger partial charge in [0.05, 0.1) is 24.9 Å². The number of benzene rings is 1. The summed E-state index contributed by atoms with van der Waals surface area (Å²) in [5.41, 5.74) is 1.95. The van der Waals surface area contributed by atoms with Gasteiger partial charge in [0.1, 0.15) is 11.5 Å². The maximum atomic E-state index is 5.43. The van der Waals surface area contributed by atoms with Gasteiger partial charge in [0.2, 0.25) is 0 Å². The molecule has 1 atom stereocenters. The summed E-state index contributed by atoms with van der Waals surface area (Å²) in [4.78, 5) is 4.79. The minimum atomic E-state index is 0.547. The lowest BCUT2D eigenvalue weighted by molar-refractivity contribution is 0.404. The molecule has 0 amide bonds. The number of nitrogens with one attached hydrogen (secondary N) is 1. The SMILES string of the molecule is COc1ccc(OC)c(-c2csc(C3CCNC3)n2)c1. The Bertz CT molecular complexity index is 591. The van der Waals surface area contributed by atoms with E-state index in [-0.39, 0.29) is 0 Å². The van der Waals surface area contributed by atoms with Crippen molar-refractivity contribution in [2.75, 3.05) is 27.3 Å². The van der Waals surface area contributed by atoms with Crippen molar-refractivity contribution in [1.29, 1.82) is 0 Å². The van der Waals surface area contributed by atoms with Crippen LogP contribution in [0, 0.1) is 0 Å². The second-order valence-electron chi connectivity index (χ2n) is 4.83. The van der Waals surface area contributed by atoms with Crippen LogP contribution in [0.25, 0.3) is 11.3 Å². The van der Waals surface area contributed by atoms with Gasteiger partial charge in [-0.1, -0.05) is 0 Å². The van der Waals surface area contributed by atoms with Gasteiger partial charge >= 0.3 is 0 Å².